The van der Waals surface area contributed by atoms with E-state index in [2.05, 4.69) is 38.9 Å². The quantitative estimate of drug-likeness (QED) is 0.791. The van der Waals surface area contributed by atoms with E-state index in [1.165, 1.54) is 11.1 Å². The minimum absolute atomic E-state index is 0.0622. The Morgan fingerprint density at radius 3 is 2.96 bits per heavy atom. The number of nitrogens with zero attached hydrogens (tertiary/aromatic N) is 3. The van der Waals surface area contributed by atoms with E-state index < -0.39 is 6.09 Å². The summed E-state index contributed by atoms with van der Waals surface area (Å²) >= 11 is 3.64. The third-order valence-electron chi connectivity index (χ3n) is 5.88. The van der Waals surface area contributed by atoms with Gasteiger partial charge in [-0.15, -0.1) is 0 Å². The number of amides is 1. The second-order valence-electron chi connectivity index (χ2n) is 7.54. The zero-order chi connectivity index (χ0) is 19.0. The van der Waals surface area contributed by atoms with E-state index in [-0.39, 0.29) is 12.1 Å². The third-order valence-corrected chi connectivity index (χ3v) is 6.62. The molecule has 6 heteroatoms. The normalized spacial score (nSPS) is 21.7. The molecule has 2 aromatic rings. The van der Waals surface area contributed by atoms with Gasteiger partial charge in [0.2, 0.25) is 0 Å². The van der Waals surface area contributed by atoms with Gasteiger partial charge in [0.25, 0.3) is 0 Å². The smallest absolute Gasteiger partial charge is 0.407 e. The fourth-order valence-corrected chi connectivity index (χ4v) is 5.07. The van der Waals surface area contributed by atoms with Gasteiger partial charge in [-0.3, -0.25) is 14.8 Å². The molecule has 0 fully saturated rings. The van der Waals surface area contributed by atoms with Crippen molar-refractivity contribution in [2.75, 3.05) is 13.6 Å². The van der Waals surface area contributed by atoms with E-state index in [1.807, 2.05) is 30.5 Å². The second-order valence-corrected chi connectivity index (χ2v) is 8.40. The molecule has 0 saturated heterocycles. The van der Waals surface area contributed by atoms with Gasteiger partial charge in [-0.05, 0) is 61.6 Å². The number of rotatable bonds is 3. The highest BCUT2D eigenvalue weighted by molar-refractivity contribution is 9.10. The molecular weight excluding hydrogens is 406 g/mol. The summed E-state index contributed by atoms with van der Waals surface area (Å²) in [4.78, 5) is 20.4. The van der Waals surface area contributed by atoms with Crippen LogP contribution in [0.5, 0.6) is 0 Å². The Balaban J connectivity index is 1.57. The molecule has 2 aliphatic rings. The molecule has 2 heterocycles. The van der Waals surface area contributed by atoms with Gasteiger partial charge in [0, 0.05) is 23.8 Å². The number of hydrogen-bond donors (Lipinski definition) is 1. The van der Waals surface area contributed by atoms with Crippen molar-refractivity contribution in [3.05, 3.63) is 63.4 Å². The van der Waals surface area contributed by atoms with Crippen LogP contribution in [-0.2, 0) is 19.4 Å². The molecule has 0 saturated carbocycles. The molecule has 1 aliphatic heterocycles. The van der Waals surface area contributed by atoms with Gasteiger partial charge in [-0.1, -0.05) is 34.1 Å². The summed E-state index contributed by atoms with van der Waals surface area (Å²) in [5.41, 5.74) is 4.81. The van der Waals surface area contributed by atoms with Crippen molar-refractivity contribution >= 4 is 22.0 Å². The van der Waals surface area contributed by atoms with Crippen LogP contribution >= 0.6 is 15.9 Å². The van der Waals surface area contributed by atoms with Crippen LogP contribution in [0.15, 0.2) is 41.0 Å². The van der Waals surface area contributed by atoms with Gasteiger partial charge < -0.3 is 5.11 Å². The Hall–Kier alpha value is -1.92. The number of carboxylic acid groups (broad SMARTS) is 1. The lowest BCUT2D eigenvalue weighted by Gasteiger charge is -2.40. The largest absolute Gasteiger partial charge is 0.465 e. The molecule has 0 radical (unpaired) electrons. The minimum Gasteiger partial charge on any atom is -0.465 e. The SMILES string of the molecule is CN(CC1Cc2c(Br)cccc2CN1C(=O)O)C1CCCc2cccnc21. The Morgan fingerprint density at radius 2 is 2.15 bits per heavy atom. The summed E-state index contributed by atoms with van der Waals surface area (Å²) in [7, 11) is 2.10. The van der Waals surface area contributed by atoms with Gasteiger partial charge in [-0.25, -0.2) is 4.79 Å². The van der Waals surface area contributed by atoms with Crippen LogP contribution in [0, 0.1) is 0 Å². The summed E-state index contributed by atoms with van der Waals surface area (Å²) in [5, 5.41) is 9.77. The lowest BCUT2D eigenvalue weighted by molar-refractivity contribution is 0.0889. The lowest BCUT2D eigenvalue weighted by Crippen LogP contribution is -2.49. The number of hydrogen-bond acceptors (Lipinski definition) is 3. The molecule has 1 aliphatic carbocycles. The van der Waals surface area contributed by atoms with Crippen molar-refractivity contribution in [1.29, 1.82) is 0 Å². The Bertz CT molecular complexity index is 857. The van der Waals surface area contributed by atoms with Gasteiger partial charge in [0.1, 0.15) is 0 Å². The van der Waals surface area contributed by atoms with Crippen LogP contribution in [0.2, 0.25) is 0 Å². The molecule has 1 amide bonds. The van der Waals surface area contributed by atoms with Crippen molar-refractivity contribution in [3.8, 4) is 0 Å². The van der Waals surface area contributed by atoms with E-state index in [0.29, 0.717) is 13.1 Å². The van der Waals surface area contributed by atoms with Gasteiger partial charge in [0.05, 0.1) is 17.8 Å². The predicted octanol–water partition coefficient (Wildman–Crippen LogP) is 4.26. The van der Waals surface area contributed by atoms with Gasteiger partial charge >= 0.3 is 6.09 Å². The van der Waals surface area contributed by atoms with Crippen LogP contribution in [-0.4, -0.2) is 45.6 Å². The van der Waals surface area contributed by atoms with Gasteiger partial charge in [-0.2, -0.15) is 0 Å². The Labute approximate surface area is 168 Å². The second kappa shape index (κ2) is 7.60. The Morgan fingerprint density at radius 1 is 1.33 bits per heavy atom. The molecule has 0 spiro atoms. The predicted molar refractivity (Wildman–Crippen MR) is 108 cm³/mol. The number of fused-ring (bicyclic) bond motifs is 2. The maximum absolute atomic E-state index is 11.9. The van der Waals surface area contributed by atoms with Crippen LogP contribution in [0.4, 0.5) is 4.79 Å². The first-order chi connectivity index (χ1) is 13.0. The van der Waals surface area contributed by atoms with Crippen molar-refractivity contribution in [1.82, 2.24) is 14.8 Å². The molecule has 0 bridgehead atoms. The van der Waals surface area contributed by atoms with Crippen LogP contribution in [0.25, 0.3) is 0 Å². The number of likely N-dealkylation sites (N-methyl/N-ethyl adjacent to an activating group) is 1. The molecule has 2 atom stereocenters. The maximum Gasteiger partial charge on any atom is 0.407 e. The summed E-state index contributed by atoms with van der Waals surface area (Å²) in [6.45, 7) is 1.15. The van der Waals surface area contributed by atoms with E-state index in [9.17, 15) is 9.90 Å². The number of aromatic nitrogens is 1. The van der Waals surface area contributed by atoms with Crippen molar-refractivity contribution in [3.63, 3.8) is 0 Å². The van der Waals surface area contributed by atoms with Crippen LogP contribution in [0.1, 0.15) is 41.3 Å². The minimum atomic E-state index is -0.846. The highest BCUT2D eigenvalue weighted by atomic mass is 79.9. The first-order valence-corrected chi connectivity index (χ1v) is 10.2. The highest BCUT2D eigenvalue weighted by Crippen LogP contribution is 2.34. The first-order valence-electron chi connectivity index (χ1n) is 9.44. The lowest BCUT2D eigenvalue weighted by atomic mass is 9.89. The zero-order valence-corrected chi connectivity index (χ0v) is 17.0. The summed E-state index contributed by atoms with van der Waals surface area (Å²) in [5.74, 6) is 0. The standard InChI is InChI=1S/C21H24BrN3O2/c1-24(19-9-3-5-14-7-4-10-23-20(14)19)13-16-11-17-15(6-2-8-18(17)22)12-25(16)21(26)27/h2,4,6-8,10,16,19H,3,5,9,11-13H2,1H3,(H,26,27). The summed E-state index contributed by atoms with van der Waals surface area (Å²) < 4.78 is 1.07. The fourth-order valence-electron chi connectivity index (χ4n) is 4.50. The molecule has 1 aromatic heterocycles. The molecule has 27 heavy (non-hydrogen) atoms. The molecule has 142 valence electrons. The summed E-state index contributed by atoms with van der Waals surface area (Å²) in [6, 6.07) is 10.4. The Kier molecular flexibility index (Phi) is 5.19. The third kappa shape index (κ3) is 3.60. The van der Waals surface area contributed by atoms with Crippen molar-refractivity contribution in [2.24, 2.45) is 0 Å². The number of halogens is 1. The fraction of sp³-hybridized carbons (Fsp3) is 0.429. The average molecular weight is 430 g/mol. The molecular formula is C21H24BrN3O2. The van der Waals surface area contributed by atoms with E-state index in [0.717, 1.165) is 41.4 Å². The zero-order valence-electron chi connectivity index (χ0n) is 15.4. The monoisotopic (exact) mass is 429 g/mol. The summed E-state index contributed by atoms with van der Waals surface area (Å²) in [6.07, 6.45) is 5.05. The molecule has 2 unspecified atom stereocenters. The average Bonchev–Trinajstić information content (AvgIpc) is 2.67. The maximum atomic E-state index is 11.9. The molecule has 1 N–H and O–H groups in total. The topological polar surface area (TPSA) is 56.7 Å². The number of carbonyl (C=O) groups is 1. The first kappa shape index (κ1) is 18.4. The van der Waals surface area contributed by atoms with Crippen LogP contribution < -0.4 is 0 Å². The van der Waals surface area contributed by atoms with E-state index in [4.69, 9.17) is 0 Å². The van der Waals surface area contributed by atoms with E-state index in [1.54, 1.807) is 4.90 Å². The molecule has 1 aromatic carbocycles. The van der Waals surface area contributed by atoms with E-state index >= 15 is 0 Å². The van der Waals surface area contributed by atoms with Crippen molar-refractivity contribution < 1.29 is 9.90 Å². The molecule has 4 rings (SSSR count). The number of benzene rings is 1. The van der Waals surface area contributed by atoms with Crippen LogP contribution in [0.3, 0.4) is 0 Å². The molecule has 5 nitrogen and oxygen atoms in total. The van der Waals surface area contributed by atoms with Crippen molar-refractivity contribution in [2.45, 2.75) is 44.3 Å². The van der Waals surface area contributed by atoms with Gasteiger partial charge in [0.15, 0.2) is 0 Å². The highest BCUT2D eigenvalue weighted by Gasteiger charge is 2.34. The number of pyridine rings is 1. The number of aryl methyl sites for hydroxylation is 1.